The van der Waals surface area contributed by atoms with Gasteiger partial charge in [-0.3, -0.25) is 0 Å². The van der Waals surface area contributed by atoms with E-state index in [9.17, 15) is 0 Å². The van der Waals surface area contributed by atoms with Gasteiger partial charge >= 0.3 is 0 Å². The molecule has 0 bridgehead atoms. The van der Waals surface area contributed by atoms with Crippen LogP contribution in [0, 0.1) is 0 Å². The Balaban J connectivity index is 1.91. The molecule has 94 valence electrons. The molecule has 0 aromatic carbocycles. The van der Waals surface area contributed by atoms with Crippen LogP contribution in [0.2, 0.25) is 0 Å². The molecule has 0 aliphatic carbocycles. The Hall–Kier alpha value is -1.20. The monoisotopic (exact) mass is 236 g/mol. The summed E-state index contributed by atoms with van der Waals surface area (Å²) >= 11 is 0. The second kappa shape index (κ2) is 5.93. The van der Waals surface area contributed by atoms with Crippen molar-refractivity contribution < 1.29 is 4.74 Å². The van der Waals surface area contributed by atoms with E-state index in [1.165, 1.54) is 0 Å². The van der Waals surface area contributed by atoms with Gasteiger partial charge in [-0.05, 0) is 12.0 Å². The van der Waals surface area contributed by atoms with E-state index in [1.807, 2.05) is 24.3 Å². The Bertz CT molecular complexity index is 335. The molecular formula is C12H20N4O. The Morgan fingerprint density at radius 2 is 2.24 bits per heavy atom. The summed E-state index contributed by atoms with van der Waals surface area (Å²) in [6, 6.07) is 0. The van der Waals surface area contributed by atoms with Crippen LogP contribution in [0.1, 0.15) is 12.5 Å². The highest BCUT2D eigenvalue weighted by Gasteiger charge is 2.16. The van der Waals surface area contributed by atoms with Crippen molar-refractivity contribution in [2.75, 3.05) is 38.2 Å². The number of nitrogens with zero attached hydrogens (tertiary/aromatic N) is 3. The first-order valence-electron chi connectivity index (χ1n) is 6.14. The lowest BCUT2D eigenvalue weighted by molar-refractivity contribution is 0.0338. The van der Waals surface area contributed by atoms with Gasteiger partial charge < -0.3 is 15.0 Å². The predicted molar refractivity (Wildman–Crippen MR) is 67.3 cm³/mol. The fourth-order valence-corrected chi connectivity index (χ4v) is 1.85. The van der Waals surface area contributed by atoms with Crippen molar-refractivity contribution in [2.45, 2.75) is 19.4 Å². The lowest BCUT2D eigenvalue weighted by Crippen LogP contribution is -2.44. The molecular weight excluding hydrogens is 216 g/mol. The number of nitrogens with one attached hydrogen (secondary N) is 1. The van der Waals surface area contributed by atoms with Crippen molar-refractivity contribution in [3.05, 3.63) is 18.0 Å². The second-order valence-electron chi connectivity index (χ2n) is 4.32. The number of aromatic nitrogens is 2. The average Bonchev–Trinajstić information content (AvgIpc) is 2.40. The zero-order valence-corrected chi connectivity index (χ0v) is 10.5. The Morgan fingerprint density at radius 1 is 1.47 bits per heavy atom. The van der Waals surface area contributed by atoms with Gasteiger partial charge in [-0.2, -0.15) is 0 Å². The molecule has 0 radical (unpaired) electrons. The molecule has 1 N–H and O–H groups in total. The average molecular weight is 236 g/mol. The molecule has 1 fully saturated rings. The fraction of sp³-hybridized carbons (Fsp3) is 0.667. The minimum atomic E-state index is 0.225. The summed E-state index contributed by atoms with van der Waals surface area (Å²) in [6.45, 7) is 5.55. The van der Waals surface area contributed by atoms with E-state index in [1.54, 1.807) is 0 Å². The first kappa shape index (κ1) is 12.3. The van der Waals surface area contributed by atoms with E-state index in [4.69, 9.17) is 4.74 Å². The Labute approximate surface area is 102 Å². The zero-order chi connectivity index (χ0) is 12.1. The number of likely N-dealkylation sites (N-methyl/N-ethyl adjacent to an activating group) is 1. The molecule has 1 aromatic rings. The van der Waals surface area contributed by atoms with E-state index in [0.29, 0.717) is 0 Å². The van der Waals surface area contributed by atoms with Crippen LogP contribution in [0.4, 0.5) is 5.95 Å². The third kappa shape index (κ3) is 3.38. The number of hydrogen-bond acceptors (Lipinski definition) is 5. The van der Waals surface area contributed by atoms with Gasteiger partial charge in [-0.25, -0.2) is 9.97 Å². The van der Waals surface area contributed by atoms with Crippen molar-refractivity contribution in [1.29, 1.82) is 0 Å². The van der Waals surface area contributed by atoms with Crippen LogP contribution in [0.3, 0.4) is 0 Å². The fourth-order valence-electron chi connectivity index (χ4n) is 1.85. The van der Waals surface area contributed by atoms with Crippen LogP contribution < -0.4 is 10.2 Å². The zero-order valence-electron chi connectivity index (χ0n) is 10.5. The maximum atomic E-state index is 5.66. The molecule has 1 aliphatic heterocycles. The number of hydrogen-bond donors (Lipinski definition) is 1. The van der Waals surface area contributed by atoms with Gasteiger partial charge in [0.25, 0.3) is 0 Å². The van der Waals surface area contributed by atoms with Crippen LogP contribution in [0.15, 0.2) is 12.4 Å². The van der Waals surface area contributed by atoms with E-state index in [-0.39, 0.29) is 6.10 Å². The summed E-state index contributed by atoms with van der Waals surface area (Å²) in [7, 11) is 2.00. The molecule has 1 atom stereocenters. The van der Waals surface area contributed by atoms with Crippen LogP contribution in [0.25, 0.3) is 0 Å². The van der Waals surface area contributed by atoms with E-state index < -0.39 is 0 Å². The molecule has 2 heterocycles. The molecule has 0 spiro atoms. The maximum Gasteiger partial charge on any atom is 0.225 e. The quantitative estimate of drug-likeness (QED) is 0.823. The molecule has 1 saturated heterocycles. The van der Waals surface area contributed by atoms with Crippen LogP contribution >= 0.6 is 0 Å². The number of rotatable bonds is 4. The third-order valence-electron chi connectivity index (χ3n) is 2.92. The minimum absolute atomic E-state index is 0.225. The summed E-state index contributed by atoms with van der Waals surface area (Å²) in [4.78, 5) is 10.7. The first-order chi connectivity index (χ1) is 8.29. The molecule has 5 nitrogen and oxygen atoms in total. The maximum absolute atomic E-state index is 5.66. The Kier molecular flexibility index (Phi) is 4.28. The normalized spacial score (nSPS) is 20.2. The molecule has 0 amide bonds. The van der Waals surface area contributed by atoms with Gasteiger partial charge in [-0.1, -0.05) is 6.92 Å². The molecule has 1 aliphatic rings. The molecule has 2 rings (SSSR count). The van der Waals surface area contributed by atoms with Crippen LogP contribution in [-0.2, 0) is 11.2 Å². The van der Waals surface area contributed by atoms with Gasteiger partial charge in [-0.15, -0.1) is 0 Å². The lowest BCUT2D eigenvalue weighted by atomic mass is 10.3. The van der Waals surface area contributed by atoms with Gasteiger partial charge in [0.1, 0.15) is 0 Å². The van der Waals surface area contributed by atoms with Crippen LogP contribution in [-0.4, -0.2) is 49.4 Å². The third-order valence-corrected chi connectivity index (χ3v) is 2.92. The number of morpholine rings is 1. The SMILES string of the molecule is CCc1cnc(N(C)CC2CNCCO2)nc1. The van der Waals surface area contributed by atoms with E-state index in [0.717, 1.165) is 44.2 Å². The van der Waals surface area contributed by atoms with Crippen molar-refractivity contribution in [1.82, 2.24) is 15.3 Å². The molecule has 1 aromatic heterocycles. The first-order valence-corrected chi connectivity index (χ1v) is 6.14. The van der Waals surface area contributed by atoms with Crippen molar-refractivity contribution in [2.24, 2.45) is 0 Å². The van der Waals surface area contributed by atoms with Crippen molar-refractivity contribution in [3.8, 4) is 0 Å². The van der Waals surface area contributed by atoms with E-state index >= 15 is 0 Å². The molecule has 1 unspecified atom stereocenters. The highest BCUT2D eigenvalue weighted by molar-refractivity contribution is 5.28. The lowest BCUT2D eigenvalue weighted by Gasteiger charge is -2.27. The summed E-state index contributed by atoms with van der Waals surface area (Å²) in [5, 5.41) is 3.32. The number of aryl methyl sites for hydroxylation is 1. The minimum Gasteiger partial charge on any atom is -0.374 e. The van der Waals surface area contributed by atoms with Crippen molar-refractivity contribution >= 4 is 5.95 Å². The highest BCUT2D eigenvalue weighted by atomic mass is 16.5. The van der Waals surface area contributed by atoms with Gasteiger partial charge in [0.05, 0.1) is 12.7 Å². The largest absolute Gasteiger partial charge is 0.374 e. The van der Waals surface area contributed by atoms with Gasteiger partial charge in [0, 0.05) is 39.1 Å². The summed E-state index contributed by atoms with van der Waals surface area (Å²) in [6.07, 6.45) is 4.97. The molecule has 0 saturated carbocycles. The van der Waals surface area contributed by atoms with Crippen molar-refractivity contribution in [3.63, 3.8) is 0 Å². The number of anilines is 1. The van der Waals surface area contributed by atoms with E-state index in [2.05, 4.69) is 22.2 Å². The van der Waals surface area contributed by atoms with Gasteiger partial charge in [0.15, 0.2) is 0 Å². The number of ether oxygens (including phenoxy) is 1. The highest BCUT2D eigenvalue weighted by Crippen LogP contribution is 2.07. The van der Waals surface area contributed by atoms with Gasteiger partial charge in [0.2, 0.25) is 5.95 Å². The summed E-state index contributed by atoms with van der Waals surface area (Å²) in [5.74, 6) is 0.761. The summed E-state index contributed by atoms with van der Waals surface area (Å²) < 4.78 is 5.66. The molecule has 5 heteroatoms. The Morgan fingerprint density at radius 3 is 2.82 bits per heavy atom. The smallest absolute Gasteiger partial charge is 0.225 e. The standard InChI is InChI=1S/C12H20N4O/c1-3-10-6-14-12(15-7-10)16(2)9-11-8-13-4-5-17-11/h6-7,11,13H,3-5,8-9H2,1-2H3. The molecule has 17 heavy (non-hydrogen) atoms. The van der Waals surface area contributed by atoms with Crippen LogP contribution in [0.5, 0.6) is 0 Å². The summed E-state index contributed by atoms with van der Waals surface area (Å²) in [5.41, 5.74) is 1.16. The second-order valence-corrected chi connectivity index (χ2v) is 4.32. The topological polar surface area (TPSA) is 50.3 Å². The predicted octanol–water partition coefficient (Wildman–Crippen LogP) is 0.464.